The maximum absolute atomic E-state index is 11.2. The molecular formula is C10H14O2. The number of hydrogen-bond donors (Lipinski definition) is 1. The molecule has 12 heavy (non-hydrogen) atoms. The zero-order valence-electron chi connectivity index (χ0n) is 7.12. The highest BCUT2D eigenvalue weighted by Crippen LogP contribution is 2.33. The molecule has 0 saturated heterocycles. The van der Waals surface area contributed by atoms with Gasteiger partial charge in [-0.2, -0.15) is 0 Å². The van der Waals surface area contributed by atoms with E-state index in [1.165, 1.54) is 0 Å². The van der Waals surface area contributed by atoms with E-state index in [0.717, 1.165) is 12.8 Å². The highest BCUT2D eigenvalue weighted by Gasteiger charge is 2.33. The Labute approximate surface area is 73.0 Å². The normalized spacial score (nSPS) is 18.3. The Morgan fingerprint density at radius 2 is 2.33 bits per heavy atom. The molecule has 1 N–H and O–H groups in total. The summed E-state index contributed by atoms with van der Waals surface area (Å²) in [6, 6.07) is 0. The standard InChI is InChI=1S/C10H14O2/c1-2-3-4-5-9(11)10(12)8-6-7-8/h1,8,10,12H,3-7H2. The van der Waals surface area contributed by atoms with Gasteiger partial charge in [0.05, 0.1) is 0 Å². The van der Waals surface area contributed by atoms with Gasteiger partial charge in [0.2, 0.25) is 0 Å². The Bertz CT molecular complexity index is 198. The van der Waals surface area contributed by atoms with Gasteiger partial charge in [0, 0.05) is 12.8 Å². The first-order chi connectivity index (χ1) is 5.75. The molecule has 1 aliphatic rings. The largest absolute Gasteiger partial charge is 0.385 e. The molecule has 1 unspecified atom stereocenters. The molecule has 0 aromatic rings. The summed E-state index contributed by atoms with van der Waals surface area (Å²) in [5.74, 6) is 2.69. The predicted molar refractivity (Wildman–Crippen MR) is 46.4 cm³/mol. The number of carbonyl (C=O) groups is 1. The van der Waals surface area contributed by atoms with Gasteiger partial charge in [-0.15, -0.1) is 12.3 Å². The van der Waals surface area contributed by atoms with Crippen LogP contribution in [0, 0.1) is 18.3 Å². The van der Waals surface area contributed by atoms with Crippen LogP contribution in [-0.4, -0.2) is 17.0 Å². The van der Waals surface area contributed by atoms with Gasteiger partial charge >= 0.3 is 0 Å². The molecule has 0 radical (unpaired) electrons. The van der Waals surface area contributed by atoms with Gasteiger partial charge in [-0.3, -0.25) is 4.79 Å². The van der Waals surface area contributed by atoms with E-state index < -0.39 is 6.10 Å². The molecule has 2 nitrogen and oxygen atoms in total. The van der Waals surface area contributed by atoms with Crippen LogP contribution in [0.15, 0.2) is 0 Å². The van der Waals surface area contributed by atoms with Crippen LogP contribution in [0.2, 0.25) is 0 Å². The summed E-state index contributed by atoms with van der Waals surface area (Å²) in [6.45, 7) is 0. The van der Waals surface area contributed by atoms with E-state index in [-0.39, 0.29) is 11.7 Å². The fraction of sp³-hybridized carbons (Fsp3) is 0.700. The van der Waals surface area contributed by atoms with E-state index in [9.17, 15) is 9.90 Å². The van der Waals surface area contributed by atoms with E-state index >= 15 is 0 Å². The summed E-state index contributed by atoms with van der Waals surface area (Å²) < 4.78 is 0. The number of terminal acetylenes is 1. The monoisotopic (exact) mass is 166 g/mol. The lowest BCUT2D eigenvalue weighted by molar-refractivity contribution is -0.128. The van der Waals surface area contributed by atoms with Gasteiger partial charge in [-0.1, -0.05) is 0 Å². The Morgan fingerprint density at radius 3 is 2.83 bits per heavy atom. The van der Waals surface area contributed by atoms with Gasteiger partial charge in [-0.05, 0) is 25.2 Å². The van der Waals surface area contributed by atoms with Crippen LogP contribution < -0.4 is 0 Å². The number of aliphatic hydroxyl groups excluding tert-OH is 1. The zero-order chi connectivity index (χ0) is 8.97. The Morgan fingerprint density at radius 1 is 1.67 bits per heavy atom. The highest BCUT2D eigenvalue weighted by molar-refractivity contribution is 5.83. The molecule has 1 atom stereocenters. The second-order valence-electron chi connectivity index (χ2n) is 3.31. The topological polar surface area (TPSA) is 37.3 Å². The van der Waals surface area contributed by atoms with E-state index in [1.54, 1.807) is 0 Å². The molecule has 0 aromatic heterocycles. The molecule has 1 rings (SSSR count). The molecule has 2 heteroatoms. The smallest absolute Gasteiger partial charge is 0.161 e. The van der Waals surface area contributed by atoms with Crippen LogP contribution in [0.4, 0.5) is 0 Å². The molecule has 0 spiro atoms. The highest BCUT2D eigenvalue weighted by atomic mass is 16.3. The summed E-state index contributed by atoms with van der Waals surface area (Å²) in [5, 5.41) is 9.36. The number of unbranched alkanes of at least 4 members (excludes halogenated alkanes) is 1. The van der Waals surface area contributed by atoms with Gasteiger partial charge in [0.1, 0.15) is 6.10 Å². The molecule has 1 fully saturated rings. The Hall–Kier alpha value is -0.810. The van der Waals surface area contributed by atoms with E-state index in [0.29, 0.717) is 19.3 Å². The van der Waals surface area contributed by atoms with E-state index in [2.05, 4.69) is 5.92 Å². The quantitative estimate of drug-likeness (QED) is 0.491. The minimum absolute atomic E-state index is 0.0345. The molecule has 1 aliphatic carbocycles. The zero-order valence-corrected chi connectivity index (χ0v) is 7.12. The van der Waals surface area contributed by atoms with Gasteiger partial charge in [-0.25, -0.2) is 0 Å². The summed E-state index contributed by atoms with van der Waals surface area (Å²) >= 11 is 0. The third kappa shape index (κ3) is 2.67. The number of Topliss-reactive ketones (excluding diaryl/α,β-unsaturated/α-hetero) is 1. The minimum atomic E-state index is -0.706. The van der Waals surface area contributed by atoms with Crippen molar-refractivity contribution >= 4 is 5.78 Å². The van der Waals surface area contributed by atoms with Crippen LogP contribution >= 0.6 is 0 Å². The summed E-state index contributed by atoms with van der Waals surface area (Å²) in [5.41, 5.74) is 0. The van der Waals surface area contributed by atoms with Crippen molar-refractivity contribution in [1.29, 1.82) is 0 Å². The fourth-order valence-corrected chi connectivity index (χ4v) is 1.19. The van der Waals surface area contributed by atoms with Crippen molar-refractivity contribution in [2.75, 3.05) is 0 Å². The van der Waals surface area contributed by atoms with Crippen LogP contribution in [0.1, 0.15) is 32.1 Å². The van der Waals surface area contributed by atoms with Crippen LogP contribution in [0.5, 0.6) is 0 Å². The fourth-order valence-electron chi connectivity index (χ4n) is 1.19. The van der Waals surface area contributed by atoms with Gasteiger partial charge in [0.25, 0.3) is 0 Å². The molecule has 0 aromatic carbocycles. The third-order valence-corrected chi connectivity index (χ3v) is 2.14. The number of ketones is 1. The number of aliphatic hydroxyl groups is 1. The average molecular weight is 166 g/mol. The van der Waals surface area contributed by atoms with Gasteiger partial charge in [0.15, 0.2) is 5.78 Å². The molecule has 0 aliphatic heterocycles. The predicted octanol–water partition coefficient (Wildman–Crippen LogP) is 1.13. The van der Waals surface area contributed by atoms with Crippen molar-refractivity contribution in [1.82, 2.24) is 0 Å². The first-order valence-corrected chi connectivity index (χ1v) is 4.40. The first kappa shape index (κ1) is 9.28. The van der Waals surface area contributed by atoms with Gasteiger partial charge < -0.3 is 5.11 Å². The lowest BCUT2D eigenvalue weighted by atomic mass is 10.1. The SMILES string of the molecule is C#CCCCC(=O)C(O)C1CC1. The second-order valence-corrected chi connectivity index (χ2v) is 3.31. The second kappa shape index (κ2) is 4.27. The number of hydrogen-bond acceptors (Lipinski definition) is 2. The summed E-state index contributed by atoms with van der Waals surface area (Å²) in [4.78, 5) is 11.2. The molecule has 0 bridgehead atoms. The molecule has 66 valence electrons. The van der Waals surface area contributed by atoms with Crippen molar-refractivity contribution in [3.05, 3.63) is 0 Å². The minimum Gasteiger partial charge on any atom is -0.385 e. The Kier molecular flexibility index (Phi) is 3.31. The van der Waals surface area contributed by atoms with E-state index in [4.69, 9.17) is 6.42 Å². The first-order valence-electron chi connectivity index (χ1n) is 4.40. The maximum atomic E-state index is 11.2. The van der Waals surface area contributed by atoms with Crippen LogP contribution in [-0.2, 0) is 4.79 Å². The summed E-state index contributed by atoms with van der Waals surface area (Å²) in [6.07, 6.45) is 8.11. The van der Waals surface area contributed by atoms with Crippen LogP contribution in [0.25, 0.3) is 0 Å². The lowest BCUT2D eigenvalue weighted by Gasteiger charge is -2.05. The molecule has 0 amide bonds. The van der Waals surface area contributed by atoms with Crippen molar-refractivity contribution in [2.45, 2.75) is 38.2 Å². The third-order valence-electron chi connectivity index (χ3n) is 2.14. The molecule has 1 saturated carbocycles. The summed E-state index contributed by atoms with van der Waals surface area (Å²) in [7, 11) is 0. The van der Waals surface area contributed by atoms with Crippen molar-refractivity contribution in [3.63, 3.8) is 0 Å². The van der Waals surface area contributed by atoms with Crippen molar-refractivity contribution < 1.29 is 9.90 Å². The molecular weight excluding hydrogens is 152 g/mol. The number of rotatable bonds is 5. The lowest BCUT2D eigenvalue weighted by Crippen LogP contribution is -2.21. The molecule has 0 heterocycles. The van der Waals surface area contributed by atoms with Crippen molar-refractivity contribution in [2.24, 2.45) is 5.92 Å². The number of carbonyl (C=O) groups excluding carboxylic acids is 1. The Balaban J connectivity index is 2.14. The van der Waals surface area contributed by atoms with Crippen molar-refractivity contribution in [3.8, 4) is 12.3 Å². The average Bonchev–Trinajstić information content (AvgIpc) is 2.86. The maximum Gasteiger partial charge on any atom is 0.161 e. The van der Waals surface area contributed by atoms with Crippen LogP contribution in [0.3, 0.4) is 0 Å². The van der Waals surface area contributed by atoms with E-state index in [1.807, 2.05) is 0 Å².